The van der Waals surface area contributed by atoms with Crippen molar-refractivity contribution in [2.75, 3.05) is 32.1 Å². The molecular formula is C22H30N4O2. The van der Waals surface area contributed by atoms with Crippen LogP contribution in [0.3, 0.4) is 0 Å². The summed E-state index contributed by atoms with van der Waals surface area (Å²) < 4.78 is 5.73. The highest BCUT2D eigenvalue weighted by molar-refractivity contribution is 5.88. The van der Waals surface area contributed by atoms with Gasteiger partial charge >= 0.3 is 0 Å². The van der Waals surface area contributed by atoms with Crippen LogP contribution in [-0.2, 0) is 4.79 Å². The number of hydrogen-bond donors (Lipinski definition) is 3. The first kappa shape index (κ1) is 21.3. The molecule has 0 heterocycles. The van der Waals surface area contributed by atoms with E-state index in [1.54, 1.807) is 13.1 Å². The minimum absolute atomic E-state index is 0.103. The molecule has 2 aromatic carbocycles. The highest BCUT2D eigenvalue weighted by atomic mass is 16.5. The van der Waals surface area contributed by atoms with E-state index in [9.17, 15) is 4.79 Å². The third-order valence-electron chi connectivity index (χ3n) is 4.26. The summed E-state index contributed by atoms with van der Waals surface area (Å²) in [6.45, 7) is 7.66. The van der Waals surface area contributed by atoms with E-state index in [-0.39, 0.29) is 5.91 Å². The number of hydrogen-bond acceptors (Lipinski definition) is 3. The van der Waals surface area contributed by atoms with Gasteiger partial charge in [0.05, 0.1) is 6.54 Å². The van der Waals surface area contributed by atoms with Gasteiger partial charge in [0.15, 0.2) is 5.96 Å². The number of aryl methyl sites for hydroxylation is 1. The molecule has 150 valence electrons. The Morgan fingerprint density at radius 2 is 1.89 bits per heavy atom. The summed E-state index contributed by atoms with van der Waals surface area (Å²) >= 11 is 0. The SMILES string of the molecule is CN=C(NCCOc1cccc(NC(C)=O)c1)NCC(C)c1ccc(C)cc1. The van der Waals surface area contributed by atoms with Crippen molar-refractivity contribution in [3.05, 3.63) is 59.7 Å². The lowest BCUT2D eigenvalue weighted by molar-refractivity contribution is -0.114. The molecule has 28 heavy (non-hydrogen) atoms. The van der Waals surface area contributed by atoms with Crippen molar-refractivity contribution >= 4 is 17.6 Å². The molecule has 2 rings (SSSR count). The fourth-order valence-corrected chi connectivity index (χ4v) is 2.69. The summed E-state index contributed by atoms with van der Waals surface area (Å²) in [5.41, 5.74) is 3.29. The zero-order chi connectivity index (χ0) is 20.4. The first-order chi connectivity index (χ1) is 13.5. The van der Waals surface area contributed by atoms with Crippen molar-refractivity contribution in [2.45, 2.75) is 26.7 Å². The van der Waals surface area contributed by atoms with Gasteiger partial charge in [0.2, 0.25) is 5.91 Å². The van der Waals surface area contributed by atoms with Gasteiger partial charge in [-0.05, 0) is 30.5 Å². The Morgan fingerprint density at radius 1 is 1.14 bits per heavy atom. The molecule has 0 aromatic heterocycles. The van der Waals surface area contributed by atoms with E-state index in [1.807, 2.05) is 18.2 Å². The van der Waals surface area contributed by atoms with Gasteiger partial charge in [-0.3, -0.25) is 9.79 Å². The van der Waals surface area contributed by atoms with E-state index >= 15 is 0 Å². The molecule has 0 aliphatic rings. The minimum atomic E-state index is -0.103. The quantitative estimate of drug-likeness (QED) is 0.372. The van der Waals surface area contributed by atoms with Crippen LogP contribution in [0, 0.1) is 6.92 Å². The van der Waals surface area contributed by atoms with Gasteiger partial charge in [0.1, 0.15) is 12.4 Å². The zero-order valence-electron chi connectivity index (χ0n) is 17.1. The van der Waals surface area contributed by atoms with Gasteiger partial charge in [0, 0.05) is 32.3 Å². The number of carbonyl (C=O) groups excluding carboxylic acids is 1. The predicted molar refractivity (Wildman–Crippen MR) is 115 cm³/mol. The summed E-state index contributed by atoms with van der Waals surface area (Å²) in [5, 5.41) is 9.34. The molecule has 6 heteroatoms. The highest BCUT2D eigenvalue weighted by Crippen LogP contribution is 2.17. The van der Waals surface area contributed by atoms with E-state index in [4.69, 9.17) is 4.74 Å². The minimum Gasteiger partial charge on any atom is -0.492 e. The maximum absolute atomic E-state index is 11.1. The molecule has 0 bridgehead atoms. The Hall–Kier alpha value is -3.02. The molecule has 1 amide bonds. The molecule has 2 aromatic rings. The Kier molecular flexibility index (Phi) is 8.34. The fourth-order valence-electron chi connectivity index (χ4n) is 2.69. The topological polar surface area (TPSA) is 74.8 Å². The van der Waals surface area contributed by atoms with Crippen LogP contribution in [0.4, 0.5) is 5.69 Å². The lowest BCUT2D eigenvalue weighted by Gasteiger charge is -2.17. The molecule has 1 atom stereocenters. The standard InChI is InChI=1S/C22H30N4O2/c1-16-8-10-19(11-9-16)17(2)15-25-22(23-4)24-12-13-28-21-7-5-6-20(14-21)26-18(3)27/h5-11,14,17H,12-13,15H2,1-4H3,(H,26,27)(H2,23,24,25). The van der Waals surface area contributed by atoms with Crippen LogP contribution < -0.4 is 20.7 Å². The Bertz CT molecular complexity index is 787. The van der Waals surface area contributed by atoms with Crippen LogP contribution in [0.5, 0.6) is 5.75 Å². The van der Waals surface area contributed by atoms with Gasteiger partial charge in [-0.25, -0.2) is 0 Å². The number of benzene rings is 2. The third kappa shape index (κ3) is 7.31. The lowest BCUT2D eigenvalue weighted by Crippen LogP contribution is -2.40. The number of nitrogens with one attached hydrogen (secondary N) is 3. The molecule has 6 nitrogen and oxygen atoms in total. The maximum atomic E-state index is 11.1. The van der Waals surface area contributed by atoms with Crippen molar-refractivity contribution in [2.24, 2.45) is 4.99 Å². The second-order valence-corrected chi connectivity index (χ2v) is 6.75. The largest absolute Gasteiger partial charge is 0.492 e. The van der Waals surface area contributed by atoms with E-state index < -0.39 is 0 Å². The average molecular weight is 383 g/mol. The first-order valence-electron chi connectivity index (χ1n) is 9.49. The van der Waals surface area contributed by atoms with Crippen molar-refractivity contribution in [1.82, 2.24) is 10.6 Å². The molecule has 0 spiro atoms. The van der Waals surface area contributed by atoms with Crippen molar-refractivity contribution in [1.29, 1.82) is 0 Å². The number of anilines is 1. The zero-order valence-corrected chi connectivity index (χ0v) is 17.1. The number of carbonyl (C=O) groups is 1. The Labute approximate surface area is 167 Å². The number of guanidine groups is 1. The van der Waals surface area contributed by atoms with Crippen LogP contribution in [0.2, 0.25) is 0 Å². The Morgan fingerprint density at radius 3 is 2.57 bits per heavy atom. The van der Waals surface area contributed by atoms with E-state index in [0.717, 1.165) is 18.2 Å². The second-order valence-electron chi connectivity index (χ2n) is 6.75. The van der Waals surface area contributed by atoms with Gasteiger partial charge in [-0.15, -0.1) is 0 Å². The van der Waals surface area contributed by atoms with Crippen LogP contribution in [0.15, 0.2) is 53.5 Å². The third-order valence-corrected chi connectivity index (χ3v) is 4.26. The molecule has 0 saturated carbocycles. The van der Waals surface area contributed by atoms with Gasteiger partial charge < -0.3 is 20.7 Å². The second kappa shape index (κ2) is 11.0. The summed E-state index contributed by atoms with van der Waals surface area (Å²) in [6.07, 6.45) is 0. The molecule has 0 saturated heterocycles. The van der Waals surface area contributed by atoms with Gasteiger partial charge in [-0.1, -0.05) is 42.8 Å². The van der Waals surface area contributed by atoms with E-state index in [2.05, 4.69) is 59.1 Å². The van der Waals surface area contributed by atoms with Gasteiger partial charge in [-0.2, -0.15) is 0 Å². The maximum Gasteiger partial charge on any atom is 0.221 e. The smallest absolute Gasteiger partial charge is 0.221 e. The first-order valence-corrected chi connectivity index (χ1v) is 9.49. The molecule has 0 fully saturated rings. The Balaban J connectivity index is 1.72. The number of ether oxygens (including phenoxy) is 1. The van der Waals surface area contributed by atoms with Crippen LogP contribution in [0.1, 0.15) is 30.9 Å². The normalized spacial score (nSPS) is 12.2. The van der Waals surface area contributed by atoms with Crippen LogP contribution in [0.25, 0.3) is 0 Å². The summed E-state index contributed by atoms with van der Waals surface area (Å²) in [6, 6.07) is 15.9. The molecule has 0 aliphatic carbocycles. The number of rotatable bonds is 8. The molecule has 1 unspecified atom stereocenters. The molecule has 0 aliphatic heterocycles. The highest BCUT2D eigenvalue weighted by Gasteiger charge is 2.06. The monoisotopic (exact) mass is 382 g/mol. The fraction of sp³-hybridized carbons (Fsp3) is 0.364. The molecule has 3 N–H and O–H groups in total. The number of nitrogens with zero attached hydrogens (tertiary/aromatic N) is 1. The number of aliphatic imine (C=N–C) groups is 1. The van der Waals surface area contributed by atoms with E-state index in [1.165, 1.54) is 18.1 Å². The average Bonchev–Trinajstić information content (AvgIpc) is 2.67. The van der Waals surface area contributed by atoms with Gasteiger partial charge in [0.25, 0.3) is 0 Å². The molecule has 0 radical (unpaired) electrons. The van der Waals surface area contributed by atoms with Crippen LogP contribution in [-0.4, -0.2) is 38.6 Å². The molecular weight excluding hydrogens is 352 g/mol. The van der Waals surface area contributed by atoms with Crippen molar-refractivity contribution in [3.63, 3.8) is 0 Å². The van der Waals surface area contributed by atoms with Crippen LogP contribution >= 0.6 is 0 Å². The summed E-state index contributed by atoms with van der Waals surface area (Å²) in [5.74, 6) is 1.74. The summed E-state index contributed by atoms with van der Waals surface area (Å²) in [4.78, 5) is 15.4. The van der Waals surface area contributed by atoms with E-state index in [0.29, 0.717) is 24.8 Å². The lowest BCUT2D eigenvalue weighted by atomic mass is 10.0. The van der Waals surface area contributed by atoms with Crippen molar-refractivity contribution < 1.29 is 9.53 Å². The predicted octanol–water partition coefficient (Wildman–Crippen LogP) is 3.30. The number of amides is 1. The summed E-state index contributed by atoms with van der Waals surface area (Å²) in [7, 11) is 1.75. The van der Waals surface area contributed by atoms with Crippen molar-refractivity contribution in [3.8, 4) is 5.75 Å².